The predicted molar refractivity (Wildman–Crippen MR) is 71.1 cm³/mol. The molecule has 1 heterocycles. The van der Waals surface area contributed by atoms with E-state index >= 15 is 0 Å². The third-order valence-electron chi connectivity index (χ3n) is 3.60. The fraction of sp³-hybridized carbons (Fsp3) is 0.846. The number of carboxylic acids is 1. The van der Waals surface area contributed by atoms with Crippen molar-refractivity contribution in [3.8, 4) is 0 Å². The number of nitrogens with zero attached hydrogens (tertiary/aromatic N) is 1. The van der Waals surface area contributed by atoms with E-state index in [2.05, 4.69) is 5.32 Å². The smallest absolute Gasteiger partial charge is 0.326 e. The number of hydrogen-bond donors (Lipinski definition) is 2. The van der Waals surface area contributed by atoms with Gasteiger partial charge in [-0.2, -0.15) is 0 Å². The number of nitrogens with one attached hydrogen (secondary N) is 1. The number of amides is 2. The molecule has 0 aromatic rings. The number of hydrogen-bond acceptors (Lipinski definition) is 3. The zero-order valence-electron chi connectivity index (χ0n) is 11.9. The molecule has 0 bridgehead atoms. The molecule has 1 fully saturated rings. The zero-order valence-corrected chi connectivity index (χ0v) is 11.9. The summed E-state index contributed by atoms with van der Waals surface area (Å²) in [4.78, 5) is 24.7. The molecule has 2 N–H and O–H groups in total. The van der Waals surface area contributed by atoms with Gasteiger partial charge < -0.3 is 20.1 Å². The Labute approximate surface area is 114 Å². The summed E-state index contributed by atoms with van der Waals surface area (Å²) in [7, 11) is 1.68. The largest absolute Gasteiger partial charge is 0.480 e. The molecule has 0 spiro atoms. The molecule has 0 aliphatic carbocycles. The van der Waals surface area contributed by atoms with Crippen molar-refractivity contribution < 1.29 is 19.4 Å². The third-order valence-corrected chi connectivity index (χ3v) is 3.60. The first kappa shape index (κ1) is 15.8. The second-order valence-corrected chi connectivity index (χ2v) is 5.03. The summed E-state index contributed by atoms with van der Waals surface area (Å²) < 4.78 is 5.42. The van der Waals surface area contributed by atoms with Gasteiger partial charge in [0.2, 0.25) is 0 Å². The van der Waals surface area contributed by atoms with Crippen LogP contribution in [-0.4, -0.2) is 53.8 Å². The Morgan fingerprint density at radius 1 is 1.53 bits per heavy atom. The van der Waals surface area contributed by atoms with E-state index in [0.29, 0.717) is 13.0 Å². The Kier molecular flexibility index (Phi) is 6.08. The molecule has 0 saturated carbocycles. The lowest BCUT2D eigenvalue weighted by Gasteiger charge is -2.28. The summed E-state index contributed by atoms with van der Waals surface area (Å²) >= 11 is 0. The summed E-state index contributed by atoms with van der Waals surface area (Å²) in [6.45, 7) is 4.55. The predicted octanol–water partition coefficient (Wildman–Crippen LogP) is 1.45. The topological polar surface area (TPSA) is 78.9 Å². The van der Waals surface area contributed by atoms with Crippen molar-refractivity contribution in [2.24, 2.45) is 0 Å². The SMILES string of the molecule is CCCCC(NC(=O)N(C)C1CCOC1C)C(=O)O. The molecule has 1 saturated heterocycles. The van der Waals surface area contributed by atoms with Crippen LogP contribution < -0.4 is 5.32 Å². The van der Waals surface area contributed by atoms with Crippen LogP contribution in [0.5, 0.6) is 0 Å². The van der Waals surface area contributed by atoms with E-state index in [1.807, 2.05) is 13.8 Å². The number of ether oxygens (including phenoxy) is 1. The van der Waals surface area contributed by atoms with Crippen LogP contribution in [0.25, 0.3) is 0 Å². The maximum Gasteiger partial charge on any atom is 0.326 e. The van der Waals surface area contributed by atoms with Crippen molar-refractivity contribution in [1.82, 2.24) is 10.2 Å². The minimum absolute atomic E-state index is 0.00494. The van der Waals surface area contributed by atoms with E-state index in [0.717, 1.165) is 19.3 Å². The van der Waals surface area contributed by atoms with Crippen LogP contribution in [0.15, 0.2) is 0 Å². The molecular weight excluding hydrogens is 248 g/mol. The van der Waals surface area contributed by atoms with Crippen LogP contribution >= 0.6 is 0 Å². The quantitative estimate of drug-likeness (QED) is 0.767. The third kappa shape index (κ3) is 4.38. The summed E-state index contributed by atoms with van der Waals surface area (Å²) in [5.74, 6) is -0.981. The maximum absolute atomic E-state index is 12.0. The Morgan fingerprint density at radius 2 is 2.21 bits per heavy atom. The molecule has 0 radical (unpaired) electrons. The van der Waals surface area contributed by atoms with E-state index in [4.69, 9.17) is 9.84 Å². The molecule has 0 aromatic heterocycles. The normalized spacial score (nSPS) is 23.9. The molecule has 2 amide bonds. The van der Waals surface area contributed by atoms with E-state index in [-0.39, 0.29) is 18.2 Å². The van der Waals surface area contributed by atoms with Crippen molar-refractivity contribution in [3.63, 3.8) is 0 Å². The summed E-state index contributed by atoms with van der Waals surface area (Å²) in [5.41, 5.74) is 0. The molecule has 6 nitrogen and oxygen atoms in total. The van der Waals surface area contributed by atoms with Gasteiger partial charge in [-0.05, 0) is 19.8 Å². The average molecular weight is 272 g/mol. The van der Waals surface area contributed by atoms with Crippen molar-refractivity contribution in [3.05, 3.63) is 0 Å². The van der Waals surface area contributed by atoms with Gasteiger partial charge in [0, 0.05) is 13.7 Å². The highest BCUT2D eigenvalue weighted by Gasteiger charge is 2.32. The lowest BCUT2D eigenvalue weighted by molar-refractivity contribution is -0.139. The van der Waals surface area contributed by atoms with Crippen molar-refractivity contribution in [2.75, 3.05) is 13.7 Å². The van der Waals surface area contributed by atoms with Gasteiger partial charge in [0.15, 0.2) is 0 Å². The minimum Gasteiger partial charge on any atom is -0.480 e. The second kappa shape index (κ2) is 7.33. The zero-order chi connectivity index (χ0) is 14.4. The molecule has 3 atom stereocenters. The van der Waals surface area contributed by atoms with Crippen LogP contribution in [0, 0.1) is 0 Å². The molecule has 1 rings (SSSR count). The summed E-state index contributed by atoms with van der Waals surface area (Å²) in [6, 6.07) is -1.14. The van der Waals surface area contributed by atoms with Crippen LogP contribution in [-0.2, 0) is 9.53 Å². The monoisotopic (exact) mass is 272 g/mol. The van der Waals surface area contributed by atoms with E-state index in [9.17, 15) is 9.59 Å². The van der Waals surface area contributed by atoms with Crippen molar-refractivity contribution in [2.45, 2.75) is 57.7 Å². The van der Waals surface area contributed by atoms with Gasteiger partial charge in [-0.15, -0.1) is 0 Å². The lowest BCUT2D eigenvalue weighted by atomic mass is 10.1. The van der Waals surface area contributed by atoms with Gasteiger partial charge >= 0.3 is 12.0 Å². The van der Waals surface area contributed by atoms with Gasteiger partial charge in [0.05, 0.1) is 12.1 Å². The fourth-order valence-electron chi connectivity index (χ4n) is 2.30. The number of likely N-dealkylation sites (N-methyl/N-ethyl adjacent to an activating group) is 1. The van der Waals surface area contributed by atoms with Crippen LogP contribution in [0.4, 0.5) is 4.79 Å². The van der Waals surface area contributed by atoms with Gasteiger partial charge in [-0.1, -0.05) is 19.8 Å². The molecule has 3 unspecified atom stereocenters. The van der Waals surface area contributed by atoms with Crippen LogP contribution in [0.1, 0.15) is 39.5 Å². The molecule has 1 aliphatic rings. The highest BCUT2D eigenvalue weighted by Crippen LogP contribution is 2.18. The summed E-state index contributed by atoms with van der Waals surface area (Å²) in [6.07, 6.45) is 2.93. The van der Waals surface area contributed by atoms with Crippen LogP contribution in [0.3, 0.4) is 0 Å². The number of carboxylic acid groups (broad SMARTS) is 1. The van der Waals surface area contributed by atoms with Gasteiger partial charge in [0.25, 0.3) is 0 Å². The van der Waals surface area contributed by atoms with Crippen molar-refractivity contribution in [1.29, 1.82) is 0 Å². The number of aliphatic carboxylic acids is 1. The Bertz CT molecular complexity index is 322. The van der Waals surface area contributed by atoms with Gasteiger partial charge in [0.1, 0.15) is 6.04 Å². The van der Waals surface area contributed by atoms with Gasteiger partial charge in [-0.25, -0.2) is 9.59 Å². The molecule has 19 heavy (non-hydrogen) atoms. The summed E-state index contributed by atoms with van der Waals surface area (Å²) in [5, 5.41) is 11.7. The fourth-order valence-corrected chi connectivity index (χ4v) is 2.30. The molecule has 1 aliphatic heterocycles. The number of carbonyl (C=O) groups excluding carboxylic acids is 1. The maximum atomic E-state index is 12.0. The molecule has 110 valence electrons. The number of unbranched alkanes of at least 4 members (excludes halogenated alkanes) is 1. The standard InChI is InChI=1S/C13H24N2O4/c1-4-5-6-10(12(16)17)14-13(18)15(3)11-7-8-19-9(11)2/h9-11H,4-8H2,1-3H3,(H,14,18)(H,16,17). The second-order valence-electron chi connectivity index (χ2n) is 5.03. The highest BCUT2D eigenvalue weighted by atomic mass is 16.5. The highest BCUT2D eigenvalue weighted by molar-refractivity contribution is 5.82. The molecule has 6 heteroatoms. The lowest BCUT2D eigenvalue weighted by Crippen LogP contribution is -2.51. The number of urea groups is 1. The average Bonchev–Trinajstić information content (AvgIpc) is 2.79. The first-order valence-electron chi connectivity index (χ1n) is 6.85. The van der Waals surface area contributed by atoms with Gasteiger partial charge in [-0.3, -0.25) is 0 Å². The minimum atomic E-state index is -0.981. The number of carbonyl (C=O) groups is 2. The Morgan fingerprint density at radius 3 is 2.68 bits per heavy atom. The molecule has 0 aromatic carbocycles. The molecular formula is C13H24N2O4. The Hall–Kier alpha value is -1.30. The first-order valence-corrected chi connectivity index (χ1v) is 6.85. The van der Waals surface area contributed by atoms with E-state index in [1.165, 1.54) is 0 Å². The van der Waals surface area contributed by atoms with E-state index < -0.39 is 12.0 Å². The number of rotatable bonds is 6. The van der Waals surface area contributed by atoms with E-state index in [1.54, 1.807) is 11.9 Å². The Balaban J connectivity index is 2.53. The first-order chi connectivity index (χ1) is 8.97. The van der Waals surface area contributed by atoms with Crippen LogP contribution in [0.2, 0.25) is 0 Å². The van der Waals surface area contributed by atoms with Crippen molar-refractivity contribution >= 4 is 12.0 Å².